The Balaban J connectivity index is 0.00000320. The number of nitrogens with one attached hydrogen (secondary N) is 2. The third-order valence-corrected chi connectivity index (χ3v) is 6.59. The van der Waals surface area contributed by atoms with Crippen molar-refractivity contribution >= 4 is 29.9 Å². The van der Waals surface area contributed by atoms with Crippen LogP contribution in [0.25, 0.3) is 0 Å². The summed E-state index contributed by atoms with van der Waals surface area (Å²) in [5.41, 5.74) is 3.05. The largest absolute Gasteiger partial charge is 0.381 e. The summed E-state index contributed by atoms with van der Waals surface area (Å²) in [5.74, 6) is 1.52. The maximum Gasteiger partial charge on any atom is 0.191 e. The highest BCUT2D eigenvalue weighted by Crippen LogP contribution is 2.30. The first kappa shape index (κ1) is 25.4. The van der Waals surface area contributed by atoms with E-state index in [1.807, 2.05) is 7.05 Å². The first-order valence-corrected chi connectivity index (χ1v) is 11.5. The highest BCUT2D eigenvalue weighted by Gasteiger charge is 2.39. The van der Waals surface area contributed by atoms with Gasteiger partial charge < -0.3 is 15.4 Å². The number of aliphatic imine (C=N–C) groups is 1. The molecular weight excluding hydrogens is 487 g/mol. The molecule has 30 heavy (non-hydrogen) atoms. The Bertz CT molecular complexity index is 635. The standard InChI is InChI=1S/C24H40N4O.HI/c1-20(2)22-10-8-21(9-11-22)7-6-14-26-23(25-3)27-19-24(12-17-29-18-13-24)28-15-4-5-16-28;/h8-11,20H,4-7,12-19H2,1-3H3,(H2,25,26,27);1H. The summed E-state index contributed by atoms with van der Waals surface area (Å²) in [4.78, 5) is 7.14. The van der Waals surface area contributed by atoms with Crippen molar-refractivity contribution in [2.75, 3.05) is 46.4 Å². The van der Waals surface area contributed by atoms with E-state index >= 15 is 0 Å². The van der Waals surface area contributed by atoms with Crippen molar-refractivity contribution in [1.29, 1.82) is 0 Å². The molecule has 0 amide bonds. The molecule has 170 valence electrons. The van der Waals surface area contributed by atoms with Gasteiger partial charge in [-0.1, -0.05) is 38.1 Å². The maximum atomic E-state index is 5.66. The van der Waals surface area contributed by atoms with Gasteiger partial charge in [0.05, 0.1) is 0 Å². The number of likely N-dealkylation sites (tertiary alicyclic amines) is 1. The minimum atomic E-state index is 0. The number of aryl methyl sites for hydroxylation is 1. The summed E-state index contributed by atoms with van der Waals surface area (Å²) >= 11 is 0. The Morgan fingerprint density at radius 1 is 1.10 bits per heavy atom. The Hall–Kier alpha value is -0.860. The summed E-state index contributed by atoms with van der Waals surface area (Å²) < 4.78 is 5.66. The second-order valence-corrected chi connectivity index (χ2v) is 8.88. The molecule has 2 saturated heterocycles. The van der Waals surface area contributed by atoms with Crippen LogP contribution in [-0.2, 0) is 11.2 Å². The highest BCUT2D eigenvalue weighted by molar-refractivity contribution is 14.0. The zero-order chi connectivity index (χ0) is 20.5. The number of benzene rings is 1. The Morgan fingerprint density at radius 3 is 2.37 bits per heavy atom. The molecule has 0 bridgehead atoms. The minimum absolute atomic E-state index is 0. The van der Waals surface area contributed by atoms with Crippen molar-refractivity contribution < 1.29 is 4.74 Å². The first-order valence-electron chi connectivity index (χ1n) is 11.5. The number of guanidine groups is 1. The van der Waals surface area contributed by atoms with E-state index in [0.29, 0.717) is 5.92 Å². The molecule has 0 aliphatic carbocycles. The van der Waals surface area contributed by atoms with Crippen LogP contribution in [0.15, 0.2) is 29.3 Å². The van der Waals surface area contributed by atoms with Crippen LogP contribution in [0, 0.1) is 0 Å². The molecule has 2 aliphatic rings. The van der Waals surface area contributed by atoms with Gasteiger partial charge in [0.25, 0.3) is 0 Å². The van der Waals surface area contributed by atoms with Gasteiger partial charge in [-0.2, -0.15) is 0 Å². The average Bonchev–Trinajstić information content (AvgIpc) is 3.30. The van der Waals surface area contributed by atoms with E-state index in [4.69, 9.17) is 4.74 Å². The molecule has 0 atom stereocenters. The molecule has 2 aliphatic heterocycles. The third kappa shape index (κ3) is 7.09. The van der Waals surface area contributed by atoms with Gasteiger partial charge in [0.1, 0.15) is 0 Å². The summed E-state index contributed by atoms with van der Waals surface area (Å²) in [6.07, 6.45) is 7.08. The van der Waals surface area contributed by atoms with Gasteiger partial charge in [-0.25, -0.2) is 0 Å². The van der Waals surface area contributed by atoms with Crippen LogP contribution in [0.4, 0.5) is 0 Å². The van der Waals surface area contributed by atoms with E-state index in [-0.39, 0.29) is 29.5 Å². The molecule has 1 aromatic rings. The fourth-order valence-corrected chi connectivity index (χ4v) is 4.59. The second-order valence-electron chi connectivity index (χ2n) is 8.88. The van der Waals surface area contributed by atoms with Gasteiger partial charge in [-0.3, -0.25) is 9.89 Å². The Labute approximate surface area is 200 Å². The Kier molecular flexibility index (Phi) is 10.9. The zero-order valence-electron chi connectivity index (χ0n) is 19.1. The SMILES string of the molecule is CN=C(NCCCc1ccc(C(C)C)cc1)NCC1(N2CCCC2)CCOCC1.I. The predicted molar refractivity (Wildman–Crippen MR) is 137 cm³/mol. The number of hydrogen-bond donors (Lipinski definition) is 2. The van der Waals surface area contributed by atoms with Crippen LogP contribution in [0.1, 0.15) is 63.0 Å². The van der Waals surface area contributed by atoms with E-state index < -0.39 is 0 Å². The van der Waals surface area contributed by atoms with Gasteiger partial charge in [0.15, 0.2) is 5.96 Å². The molecule has 6 heteroatoms. The monoisotopic (exact) mass is 528 g/mol. The van der Waals surface area contributed by atoms with Crippen LogP contribution in [0.5, 0.6) is 0 Å². The molecular formula is C24H41IN4O. The highest BCUT2D eigenvalue weighted by atomic mass is 127. The van der Waals surface area contributed by atoms with Crippen molar-refractivity contribution in [3.63, 3.8) is 0 Å². The molecule has 0 aromatic heterocycles. The molecule has 2 fully saturated rings. The van der Waals surface area contributed by atoms with Crippen molar-refractivity contribution in [3.05, 3.63) is 35.4 Å². The van der Waals surface area contributed by atoms with Crippen LogP contribution >= 0.6 is 24.0 Å². The van der Waals surface area contributed by atoms with Crippen LogP contribution in [0.3, 0.4) is 0 Å². The lowest BCUT2D eigenvalue weighted by Crippen LogP contribution is -2.58. The van der Waals surface area contributed by atoms with Crippen molar-refractivity contribution in [1.82, 2.24) is 15.5 Å². The van der Waals surface area contributed by atoms with E-state index in [2.05, 4.69) is 58.6 Å². The zero-order valence-corrected chi connectivity index (χ0v) is 21.4. The first-order chi connectivity index (χ1) is 14.1. The van der Waals surface area contributed by atoms with Crippen molar-refractivity contribution in [2.45, 2.75) is 63.8 Å². The number of nitrogens with zero attached hydrogens (tertiary/aromatic N) is 2. The summed E-state index contributed by atoms with van der Waals surface area (Å²) in [7, 11) is 1.87. The van der Waals surface area contributed by atoms with Crippen LogP contribution < -0.4 is 10.6 Å². The predicted octanol–water partition coefficient (Wildman–Crippen LogP) is 4.17. The number of hydrogen-bond acceptors (Lipinski definition) is 3. The van der Waals surface area contributed by atoms with Gasteiger partial charge in [-0.15, -0.1) is 24.0 Å². The van der Waals surface area contributed by atoms with Gasteiger partial charge >= 0.3 is 0 Å². The molecule has 0 spiro atoms. The second kappa shape index (κ2) is 12.9. The maximum absolute atomic E-state index is 5.66. The van der Waals surface area contributed by atoms with Crippen molar-refractivity contribution in [3.8, 4) is 0 Å². The quantitative estimate of drug-likeness (QED) is 0.230. The fourth-order valence-electron chi connectivity index (χ4n) is 4.59. The summed E-state index contributed by atoms with van der Waals surface area (Å²) in [6.45, 7) is 10.6. The van der Waals surface area contributed by atoms with Crippen LogP contribution in [0.2, 0.25) is 0 Å². The lowest BCUT2D eigenvalue weighted by atomic mass is 9.88. The summed E-state index contributed by atoms with van der Waals surface area (Å²) in [6, 6.07) is 9.07. The molecule has 2 heterocycles. The topological polar surface area (TPSA) is 48.9 Å². The molecule has 1 aromatic carbocycles. The summed E-state index contributed by atoms with van der Waals surface area (Å²) in [5, 5.41) is 7.12. The molecule has 5 nitrogen and oxygen atoms in total. The van der Waals surface area contributed by atoms with Crippen LogP contribution in [-0.4, -0.2) is 62.8 Å². The Morgan fingerprint density at radius 2 is 1.77 bits per heavy atom. The molecule has 2 N–H and O–H groups in total. The van der Waals surface area contributed by atoms with Gasteiger partial charge in [0.2, 0.25) is 0 Å². The molecule has 0 unspecified atom stereocenters. The fraction of sp³-hybridized carbons (Fsp3) is 0.708. The van der Waals surface area contributed by atoms with Crippen molar-refractivity contribution in [2.24, 2.45) is 4.99 Å². The smallest absolute Gasteiger partial charge is 0.191 e. The van der Waals surface area contributed by atoms with E-state index in [9.17, 15) is 0 Å². The number of ether oxygens (including phenoxy) is 1. The lowest BCUT2D eigenvalue weighted by molar-refractivity contribution is -0.0164. The van der Waals surface area contributed by atoms with E-state index in [0.717, 1.165) is 57.9 Å². The molecule has 0 radical (unpaired) electrons. The normalized spacial score (nSPS) is 19.5. The molecule has 3 rings (SSSR count). The van der Waals surface area contributed by atoms with Gasteiger partial charge in [0, 0.05) is 38.9 Å². The van der Waals surface area contributed by atoms with Gasteiger partial charge in [-0.05, 0) is 68.7 Å². The van der Waals surface area contributed by atoms with E-state index in [1.165, 1.54) is 37.1 Å². The molecule has 0 saturated carbocycles. The third-order valence-electron chi connectivity index (χ3n) is 6.59. The lowest BCUT2D eigenvalue weighted by Gasteiger charge is -2.45. The number of rotatable bonds is 8. The minimum Gasteiger partial charge on any atom is -0.381 e. The number of halogens is 1. The van der Waals surface area contributed by atoms with E-state index in [1.54, 1.807) is 0 Å². The average molecular weight is 529 g/mol.